The first-order chi connectivity index (χ1) is 11.8. The molecular formula is C18H20N4O2. The summed E-state index contributed by atoms with van der Waals surface area (Å²) in [5.74, 6) is 1.55. The van der Waals surface area contributed by atoms with Crippen LogP contribution >= 0.6 is 0 Å². The fourth-order valence-corrected chi connectivity index (χ4v) is 3.13. The highest BCUT2D eigenvalue weighted by Gasteiger charge is 2.21. The molecule has 1 aliphatic heterocycles. The molecule has 0 radical (unpaired) electrons. The Bertz CT molecular complexity index is 851. The molecule has 0 N–H and O–H groups in total. The minimum absolute atomic E-state index is 0.0155. The van der Waals surface area contributed by atoms with Gasteiger partial charge in [-0.1, -0.05) is 0 Å². The Labute approximate surface area is 140 Å². The number of hydrogen-bond donors (Lipinski definition) is 0. The second kappa shape index (κ2) is 6.20. The Balaban J connectivity index is 1.82. The molecule has 6 nitrogen and oxygen atoms in total. The molecule has 4 rings (SSSR count). The van der Waals surface area contributed by atoms with E-state index < -0.39 is 0 Å². The van der Waals surface area contributed by atoms with E-state index in [2.05, 4.69) is 15.0 Å². The molecule has 0 spiro atoms. The van der Waals surface area contributed by atoms with Crippen molar-refractivity contribution in [2.24, 2.45) is 0 Å². The maximum absolute atomic E-state index is 5.89. The normalized spacial score (nSPS) is 18.0. The van der Waals surface area contributed by atoms with E-state index in [-0.39, 0.29) is 6.23 Å². The Morgan fingerprint density at radius 2 is 2.00 bits per heavy atom. The van der Waals surface area contributed by atoms with Crippen LogP contribution in [0.15, 0.2) is 30.6 Å². The van der Waals surface area contributed by atoms with E-state index in [1.54, 1.807) is 7.11 Å². The fourth-order valence-electron chi connectivity index (χ4n) is 3.13. The van der Waals surface area contributed by atoms with Crippen LogP contribution in [0.2, 0.25) is 0 Å². The van der Waals surface area contributed by atoms with Crippen molar-refractivity contribution in [3.8, 4) is 17.0 Å². The summed E-state index contributed by atoms with van der Waals surface area (Å²) in [6.07, 6.45) is 5.11. The molecule has 2 aromatic heterocycles. The zero-order chi connectivity index (χ0) is 16.5. The lowest BCUT2D eigenvalue weighted by atomic mass is 10.1. The van der Waals surface area contributed by atoms with Crippen molar-refractivity contribution < 1.29 is 9.47 Å². The van der Waals surface area contributed by atoms with E-state index in [1.807, 2.05) is 42.1 Å². The average Bonchev–Trinajstić information content (AvgIpc) is 3.05. The van der Waals surface area contributed by atoms with E-state index in [4.69, 9.17) is 9.47 Å². The maximum atomic E-state index is 5.89. The lowest BCUT2D eigenvalue weighted by Crippen LogP contribution is -2.17. The minimum Gasteiger partial charge on any atom is -0.497 e. The largest absolute Gasteiger partial charge is 0.497 e. The molecule has 3 heterocycles. The van der Waals surface area contributed by atoms with E-state index in [0.717, 1.165) is 53.4 Å². The van der Waals surface area contributed by atoms with E-state index in [1.165, 1.54) is 6.42 Å². The first kappa shape index (κ1) is 15.1. The Kier molecular flexibility index (Phi) is 3.90. The molecule has 1 aromatic carbocycles. The molecule has 0 bridgehead atoms. The third-order valence-corrected chi connectivity index (χ3v) is 4.36. The van der Waals surface area contributed by atoms with Gasteiger partial charge in [-0.15, -0.1) is 0 Å². The lowest BCUT2D eigenvalue weighted by Gasteiger charge is -2.23. The average molecular weight is 324 g/mol. The monoisotopic (exact) mass is 324 g/mol. The summed E-state index contributed by atoms with van der Waals surface area (Å²) in [7, 11) is 1.66. The van der Waals surface area contributed by atoms with Crippen molar-refractivity contribution in [2.75, 3.05) is 13.7 Å². The Morgan fingerprint density at radius 1 is 1.17 bits per heavy atom. The molecule has 0 aliphatic carbocycles. The molecule has 24 heavy (non-hydrogen) atoms. The number of imidazole rings is 1. The number of hydrogen-bond acceptors (Lipinski definition) is 5. The SMILES string of the molecule is COc1ccc(-c2nc(C)nc3c2ncn3C2CCCCO2)cc1. The van der Waals surface area contributed by atoms with Crippen LogP contribution in [0.3, 0.4) is 0 Å². The molecule has 0 amide bonds. The summed E-state index contributed by atoms with van der Waals surface area (Å²) in [6.45, 7) is 2.70. The van der Waals surface area contributed by atoms with Gasteiger partial charge in [0.05, 0.1) is 13.4 Å². The maximum Gasteiger partial charge on any atom is 0.166 e. The van der Waals surface area contributed by atoms with Crippen LogP contribution in [0, 0.1) is 6.92 Å². The highest BCUT2D eigenvalue weighted by molar-refractivity contribution is 5.87. The standard InChI is InChI=1S/C18H20N4O2/c1-12-20-16(13-6-8-14(23-2)9-7-13)17-18(21-12)22(11-19-17)15-5-3-4-10-24-15/h6-9,11,15H,3-5,10H2,1-2H3. The van der Waals surface area contributed by atoms with Crippen LogP contribution in [-0.2, 0) is 4.74 Å². The smallest absolute Gasteiger partial charge is 0.166 e. The summed E-state index contributed by atoms with van der Waals surface area (Å²) in [4.78, 5) is 13.8. The van der Waals surface area contributed by atoms with Gasteiger partial charge in [0, 0.05) is 12.2 Å². The molecule has 6 heteroatoms. The number of benzene rings is 1. The summed E-state index contributed by atoms with van der Waals surface area (Å²) in [6, 6.07) is 7.85. The van der Waals surface area contributed by atoms with Gasteiger partial charge in [0.1, 0.15) is 29.0 Å². The number of fused-ring (bicyclic) bond motifs is 1. The second-order valence-electron chi connectivity index (χ2n) is 5.99. The zero-order valence-electron chi connectivity index (χ0n) is 13.9. The summed E-state index contributed by atoms with van der Waals surface area (Å²) in [5, 5.41) is 0. The van der Waals surface area contributed by atoms with Gasteiger partial charge in [0.25, 0.3) is 0 Å². The van der Waals surface area contributed by atoms with Crippen LogP contribution in [-0.4, -0.2) is 33.2 Å². The van der Waals surface area contributed by atoms with E-state index in [0.29, 0.717) is 0 Å². The van der Waals surface area contributed by atoms with Crippen LogP contribution in [0.5, 0.6) is 5.75 Å². The van der Waals surface area contributed by atoms with Crippen LogP contribution in [0.25, 0.3) is 22.4 Å². The number of ether oxygens (including phenoxy) is 2. The van der Waals surface area contributed by atoms with Crippen molar-refractivity contribution in [1.29, 1.82) is 0 Å². The van der Waals surface area contributed by atoms with Crippen LogP contribution in [0.1, 0.15) is 31.3 Å². The van der Waals surface area contributed by atoms with Crippen molar-refractivity contribution in [3.05, 3.63) is 36.4 Å². The third kappa shape index (κ3) is 2.63. The molecule has 1 unspecified atom stereocenters. The van der Waals surface area contributed by atoms with Crippen molar-refractivity contribution >= 4 is 11.2 Å². The molecule has 1 fully saturated rings. The quantitative estimate of drug-likeness (QED) is 0.738. The predicted molar refractivity (Wildman–Crippen MR) is 90.9 cm³/mol. The molecular weight excluding hydrogens is 304 g/mol. The first-order valence-electron chi connectivity index (χ1n) is 8.23. The predicted octanol–water partition coefficient (Wildman–Crippen LogP) is 3.51. The summed E-state index contributed by atoms with van der Waals surface area (Å²) < 4.78 is 13.2. The van der Waals surface area contributed by atoms with Gasteiger partial charge in [-0.2, -0.15) is 0 Å². The Morgan fingerprint density at radius 3 is 2.71 bits per heavy atom. The van der Waals surface area contributed by atoms with Gasteiger partial charge >= 0.3 is 0 Å². The van der Waals surface area contributed by atoms with Crippen LogP contribution in [0.4, 0.5) is 0 Å². The van der Waals surface area contributed by atoms with Gasteiger partial charge < -0.3 is 9.47 Å². The molecule has 0 saturated carbocycles. The van der Waals surface area contributed by atoms with Gasteiger partial charge in [-0.3, -0.25) is 4.57 Å². The van der Waals surface area contributed by atoms with E-state index >= 15 is 0 Å². The van der Waals surface area contributed by atoms with Crippen LogP contribution < -0.4 is 4.74 Å². The van der Waals surface area contributed by atoms with Gasteiger partial charge in [0.2, 0.25) is 0 Å². The van der Waals surface area contributed by atoms with Crippen molar-refractivity contribution in [3.63, 3.8) is 0 Å². The fraction of sp³-hybridized carbons (Fsp3) is 0.389. The topological polar surface area (TPSA) is 62.1 Å². The van der Waals surface area contributed by atoms with Gasteiger partial charge in [0.15, 0.2) is 5.65 Å². The lowest BCUT2D eigenvalue weighted by molar-refractivity contribution is -0.0298. The molecule has 1 atom stereocenters. The summed E-state index contributed by atoms with van der Waals surface area (Å²) in [5.41, 5.74) is 3.48. The van der Waals surface area contributed by atoms with Gasteiger partial charge in [-0.05, 0) is 50.5 Å². The molecule has 3 aromatic rings. The van der Waals surface area contributed by atoms with Crippen molar-refractivity contribution in [2.45, 2.75) is 32.4 Å². The van der Waals surface area contributed by atoms with Crippen molar-refractivity contribution in [1.82, 2.24) is 19.5 Å². The number of rotatable bonds is 3. The second-order valence-corrected chi connectivity index (χ2v) is 5.99. The Hall–Kier alpha value is -2.47. The van der Waals surface area contributed by atoms with Gasteiger partial charge in [-0.25, -0.2) is 15.0 Å². The number of methoxy groups -OCH3 is 1. The zero-order valence-corrected chi connectivity index (χ0v) is 13.9. The highest BCUT2D eigenvalue weighted by Crippen LogP contribution is 2.30. The number of aromatic nitrogens is 4. The molecule has 1 aliphatic rings. The minimum atomic E-state index is 0.0155. The first-order valence-corrected chi connectivity index (χ1v) is 8.23. The third-order valence-electron chi connectivity index (χ3n) is 4.36. The highest BCUT2D eigenvalue weighted by atomic mass is 16.5. The summed E-state index contributed by atoms with van der Waals surface area (Å²) >= 11 is 0. The van der Waals surface area contributed by atoms with E-state index in [9.17, 15) is 0 Å². The molecule has 124 valence electrons. The number of aryl methyl sites for hydroxylation is 1. The number of nitrogens with zero attached hydrogens (tertiary/aromatic N) is 4. The molecule has 1 saturated heterocycles.